The van der Waals surface area contributed by atoms with Gasteiger partial charge in [-0.1, -0.05) is 6.07 Å². The molecular formula is C11H7BrFN5. The van der Waals surface area contributed by atoms with Gasteiger partial charge in [-0.15, -0.1) is 0 Å². The number of nitrogens with one attached hydrogen (secondary N) is 2. The molecule has 0 amide bonds. The molecule has 0 spiro atoms. The Kier molecular flexibility index (Phi) is 2.67. The maximum Gasteiger partial charge on any atom is 0.183 e. The molecule has 0 bridgehead atoms. The number of aromatic nitrogens is 4. The Labute approximate surface area is 110 Å². The molecule has 0 saturated carbocycles. The number of hydrogen-bond acceptors (Lipinski definition) is 4. The van der Waals surface area contributed by atoms with E-state index in [1.54, 1.807) is 12.1 Å². The minimum Gasteiger partial charge on any atom is -0.338 e. The first kappa shape index (κ1) is 11.1. The highest BCUT2D eigenvalue weighted by molar-refractivity contribution is 9.10. The second kappa shape index (κ2) is 4.34. The topological polar surface area (TPSA) is 66.5 Å². The van der Waals surface area contributed by atoms with Crippen LogP contribution in [0.1, 0.15) is 0 Å². The van der Waals surface area contributed by atoms with Crippen LogP contribution in [-0.2, 0) is 0 Å². The van der Waals surface area contributed by atoms with E-state index in [2.05, 4.69) is 41.2 Å². The van der Waals surface area contributed by atoms with Crippen molar-refractivity contribution in [2.75, 3.05) is 5.32 Å². The van der Waals surface area contributed by atoms with Gasteiger partial charge < -0.3 is 10.3 Å². The fourth-order valence-corrected chi connectivity index (χ4v) is 1.96. The van der Waals surface area contributed by atoms with Crippen LogP contribution in [0.2, 0.25) is 0 Å². The van der Waals surface area contributed by atoms with Crippen LogP contribution in [0.25, 0.3) is 11.2 Å². The summed E-state index contributed by atoms with van der Waals surface area (Å²) in [6, 6.07) is 6.15. The number of nitrogens with zero attached hydrogens (tertiary/aromatic N) is 3. The van der Waals surface area contributed by atoms with Crippen LogP contribution in [0.4, 0.5) is 15.9 Å². The van der Waals surface area contributed by atoms with Crippen molar-refractivity contribution >= 4 is 38.6 Å². The van der Waals surface area contributed by atoms with Gasteiger partial charge >= 0.3 is 0 Å². The van der Waals surface area contributed by atoms with Gasteiger partial charge in [0.1, 0.15) is 17.7 Å². The van der Waals surface area contributed by atoms with Crippen molar-refractivity contribution in [3.8, 4) is 0 Å². The molecule has 0 aliphatic heterocycles. The van der Waals surface area contributed by atoms with Crippen LogP contribution >= 0.6 is 15.9 Å². The van der Waals surface area contributed by atoms with Crippen LogP contribution in [0.5, 0.6) is 0 Å². The van der Waals surface area contributed by atoms with E-state index in [1.165, 1.54) is 18.5 Å². The Hall–Kier alpha value is -2.02. The van der Waals surface area contributed by atoms with E-state index in [4.69, 9.17) is 0 Å². The minimum absolute atomic E-state index is 0.309. The predicted molar refractivity (Wildman–Crippen MR) is 69.1 cm³/mol. The lowest BCUT2D eigenvalue weighted by Crippen LogP contribution is -1.96. The number of hydrogen-bond donors (Lipinski definition) is 2. The molecule has 5 nitrogen and oxygen atoms in total. The van der Waals surface area contributed by atoms with E-state index in [0.29, 0.717) is 27.4 Å². The van der Waals surface area contributed by atoms with Crippen LogP contribution in [0.15, 0.2) is 35.3 Å². The lowest BCUT2D eigenvalue weighted by molar-refractivity contribution is 0.628. The van der Waals surface area contributed by atoms with Crippen LogP contribution < -0.4 is 5.32 Å². The van der Waals surface area contributed by atoms with Crippen molar-refractivity contribution in [3.63, 3.8) is 0 Å². The number of H-pyrrole nitrogens is 1. The average Bonchev–Trinajstić information content (AvgIpc) is 2.71. The lowest BCUT2D eigenvalue weighted by Gasteiger charge is -2.05. The number of halogens is 2. The Balaban J connectivity index is 2.04. The molecule has 0 aliphatic rings. The van der Waals surface area contributed by atoms with Gasteiger partial charge in [0.25, 0.3) is 0 Å². The third-order valence-corrected chi connectivity index (χ3v) is 2.72. The maximum absolute atomic E-state index is 13.1. The number of fused-ring (bicyclic) bond motifs is 1. The van der Waals surface area contributed by atoms with Crippen LogP contribution in [0, 0.1) is 5.82 Å². The van der Waals surface area contributed by atoms with Crippen molar-refractivity contribution in [2.45, 2.75) is 0 Å². The van der Waals surface area contributed by atoms with Gasteiger partial charge in [-0.2, -0.15) is 0 Å². The summed E-state index contributed by atoms with van der Waals surface area (Å²) >= 11 is 3.23. The average molecular weight is 308 g/mol. The van der Waals surface area contributed by atoms with Crippen LogP contribution in [0.3, 0.4) is 0 Å². The summed E-state index contributed by atoms with van der Waals surface area (Å²) in [6.45, 7) is 0. The van der Waals surface area contributed by atoms with Crippen molar-refractivity contribution in [3.05, 3.63) is 41.1 Å². The van der Waals surface area contributed by atoms with E-state index >= 15 is 0 Å². The summed E-state index contributed by atoms with van der Waals surface area (Å²) in [4.78, 5) is 15.2. The first-order chi connectivity index (χ1) is 8.72. The molecule has 3 rings (SSSR count). The van der Waals surface area contributed by atoms with Crippen molar-refractivity contribution in [1.29, 1.82) is 0 Å². The highest BCUT2D eigenvalue weighted by atomic mass is 79.9. The Bertz CT molecular complexity index is 711. The molecule has 3 aromatic rings. The Morgan fingerprint density at radius 2 is 2.17 bits per heavy atom. The van der Waals surface area contributed by atoms with Crippen molar-refractivity contribution in [2.24, 2.45) is 0 Å². The third-order valence-electron chi connectivity index (χ3n) is 2.35. The maximum atomic E-state index is 13.1. The normalized spacial score (nSPS) is 10.8. The van der Waals surface area contributed by atoms with Crippen molar-refractivity contribution in [1.82, 2.24) is 19.9 Å². The largest absolute Gasteiger partial charge is 0.338 e. The number of anilines is 2. The molecule has 0 unspecified atom stereocenters. The highest BCUT2D eigenvalue weighted by Gasteiger charge is 2.08. The molecule has 2 N–H and O–H groups in total. The Morgan fingerprint density at radius 1 is 1.28 bits per heavy atom. The summed E-state index contributed by atoms with van der Waals surface area (Å²) in [6.07, 6.45) is 1.40. The molecule has 90 valence electrons. The third kappa shape index (κ3) is 2.04. The summed E-state index contributed by atoms with van der Waals surface area (Å²) < 4.78 is 13.7. The molecule has 0 fully saturated rings. The molecule has 1 aromatic carbocycles. The minimum atomic E-state index is -0.309. The van der Waals surface area contributed by atoms with Gasteiger partial charge in [-0.3, -0.25) is 0 Å². The van der Waals surface area contributed by atoms with Gasteiger partial charge in [-0.05, 0) is 34.1 Å². The van der Waals surface area contributed by atoms with E-state index in [0.717, 1.165) is 0 Å². The molecular weight excluding hydrogens is 301 g/mol. The summed E-state index contributed by atoms with van der Waals surface area (Å²) in [5.41, 5.74) is 1.81. The molecule has 0 radical (unpaired) electrons. The fourth-order valence-electron chi connectivity index (χ4n) is 1.60. The molecule has 0 saturated heterocycles. The first-order valence-electron chi connectivity index (χ1n) is 5.11. The van der Waals surface area contributed by atoms with Gasteiger partial charge in [0.15, 0.2) is 16.2 Å². The van der Waals surface area contributed by atoms with Gasteiger partial charge in [0.05, 0.1) is 0 Å². The quantitative estimate of drug-likeness (QED) is 0.714. The van der Waals surface area contributed by atoms with E-state index in [9.17, 15) is 4.39 Å². The molecule has 18 heavy (non-hydrogen) atoms. The summed E-state index contributed by atoms with van der Waals surface area (Å²) in [5, 5.41) is 3.02. The van der Waals surface area contributed by atoms with Gasteiger partial charge in [0, 0.05) is 5.69 Å². The number of benzene rings is 1. The van der Waals surface area contributed by atoms with Crippen molar-refractivity contribution < 1.29 is 4.39 Å². The standard InChI is InChI=1S/C11H7BrFN5/c12-11-17-8-9(14-5-15-10(8)18-11)16-7-3-1-2-6(13)4-7/h1-5H,(H2,14,15,16,17,18). The Morgan fingerprint density at radius 3 is 3.00 bits per heavy atom. The number of aromatic amines is 1. The van der Waals surface area contributed by atoms with E-state index in [-0.39, 0.29) is 5.82 Å². The second-order valence-electron chi connectivity index (χ2n) is 3.58. The zero-order chi connectivity index (χ0) is 12.5. The predicted octanol–water partition coefficient (Wildman–Crippen LogP) is 3.00. The monoisotopic (exact) mass is 307 g/mol. The number of imidazole rings is 1. The zero-order valence-corrected chi connectivity index (χ0v) is 10.6. The fraction of sp³-hybridized carbons (Fsp3) is 0. The molecule has 2 aromatic heterocycles. The first-order valence-corrected chi connectivity index (χ1v) is 5.90. The molecule has 0 aliphatic carbocycles. The molecule has 2 heterocycles. The zero-order valence-electron chi connectivity index (χ0n) is 8.98. The van der Waals surface area contributed by atoms with Gasteiger partial charge in [0.2, 0.25) is 0 Å². The van der Waals surface area contributed by atoms with E-state index in [1.807, 2.05) is 0 Å². The van der Waals surface area contributed by atoms with E-state index < -0.39 is 0 Å². The summed E-state index contributed by atoms with van der Waals surface area (Å²) in [7, 11) is 0. The smallest absolute Gasteiger partial charge is 0.183 e. The summed E-state index contributed by atoms with van der Waals surface area (Å²) in [5.74, 6) is 0.236. The lowest BCUT2D eigenvalue weighted by atomic mass is 10.3. The molecule has 7 heteroatoms. The van der Waals surface area contributed by atoms with Gasteiger partial charge in [-0.25, -0.2) is 19.3 Å². The highest BCUT2D eigenvalue weighted by Crippen LogP contribution is 2.22. The molecule has 0 atom stereocenters. The second-order valence-corrected chi connectivity index (χ2v) is 4.33. The number of rotatable bonds is 2. The van der Waals surface area contributed by atoms with Crippen LogP contribution in [-0.4, -0.2) is 19.9 Å². The SMILES string of the molecule is Fc1cccc(Nc2ncnc3nc(Br)[nH]c23)c1.